The third-order valence-corrected chi connectivity index (χ3v) is 13.1. The van der Waals surface area contributed by atoms with Crippen LogP contribution in [0, 0.1) is 28.6 Å². The molecule has 1 saturated heterocycles. The molecule has 0 aromatic heterocycles. The molecule has 5 rings (SSSR count). The third-order valence-electron chi connectivity index (χ3n) is 10.6. The van der Waals surface area contributed by atoms with E-state index >= 15 is 0 Å². The zero-order chi connectivity index (χ0) is 30.3. The van der Waals surface area contributed by atoms with Crippen LogP contribution in [-0.4, -0.2) is 81.8 Å². The summed E-state index contributed by atoms with van der Waals surface area (Å²) in [7, 11) is -2.60. The molecule has 7 nitrogen and oxygen atoms in total. The summed E-state index contributed by atoms with van der Waals surface area (Å²) in [6, 6.07) is 7.45. The zero-order valence-electron chi connectivity index (χ0n) is 27.1. The summed E-state index contributed by atoms with van der Waals surface area (Å²) in [5.74, 6) is 1.58. The van der Waals surface area contributed by atoms with Crippen molar-refractivity contribution in [3.63, 3.8) is 0 Å². The Kier molecular flexibility index (Phi) is 9.79. The molecule has 2 bridgehead atoms. The van der Waals surface area contributed by atoms with E-state index in [1.54, 1.807) is 0 Å². The normalized spacial score (nSPS) is 30.6. The van der Waals surface area contributed by atoms with Gasteiger partial charge in [0.05, 0.1) is 6.07 Å². The Labute approximate surface area is 262 Å². The second-order valence-electron chi connectivity index (χ2n) is 13.5. The summed E-state index contributed by atoms with van der Waals surface area (Å²) < 4.78 is 33.0. The van der Waals surface area contributed by atoms with Crippen LogP contribution in [0.2, 0.25) is 26.2 Å². The van der Waals surface area contributed by atoms with Crippen LogP contribution in [0.15, 0.2) is 24.3 Å². The van der Waals surface area contributed by atoms with Gasteiger partial charge in [-0.2, -0.15) is 5.26 Å². The van der Waals surface area contributed by atoms with Crippen molar-refractivity contribution in [3.05, 3.63) is 41.0 Å². The number of likely N-dealkylation sites (tertiary alicyclic amines) is 1. The molecule has 1 spiro atoms. The van der Waals surface area contributed by atoms with E-state index in [1.807, 2.05) is 0 Å². The summed E-state index contributed by atoms with van der Waals surface area (Å²) >= 11 is 0. The highest BCUT2D eigenvalue weighted by molar-refractivity contribution is 6.26. The van der Waals surface area contributed by atoms with Gasteiger partial charge >= 0.3 is 0 Å². The summed E-state index contributed by atoms with van der Waals surface area (Å²) in [5.41, 5.74) is 3.39. The maximum absolute atomic E-state index is 9.41. The second kappa shape index (κ2) is 12.7. The van der Waals surface area contributed by atoms with E-state index < -0.39 is 39.1 Å². The van der Waals surface area contributed by atoms with Gasteiger partial charge in [0.1, 0.15) is 24.4 Å². The minimum absolute atomic E-state index is 0.00208. The summed E-state index contributed by atoms with van der Waals surface area (Å²) in [6.45, 7) is 19.8. The number of ether oxygens (including phenoxy) is 1. The smallest absolute Gasteiger partial charge is 0.161 e. The molecule has 1 aromatic rings. The number of hydrogen-bond donors (Lipinski definition) is 0. The van der Waals surface area contributed by atoms with Gasteiger partial charge in [0.25, 0.3) is 0 Å². The Morgan fingerprint density at radius 1 is 1.00 bits per heavy atom. The number of nitriles is 1. The first-order valence-corrected chi connectivity index (χ1v) is 24.2. The molecule has 0 N–H and O–H groups in total. The van der Waals surface area contributed by atoms with E-state index in [-0.39, 0.29) is 40.8 Å². The van der Waals surface area contributed by atoms with Crippen molar-refractivity contribution in [2.75, 3.05) is 13.1 Å². The first-order chi connectivity index (χ1) is 20.1. The Morgan fingerprint density at radius 3 is 2.26 bits per heavy atom. The van der Waals surface area contributed by atoms with Gasteiger partial charge in [-0.25, -0.2) is 0 Å². The van der Waals surface area contributed by atoms with Crippen LogP contribution < -0.4 is 4.74 Å². The first kappa shape index (κ1) is 32.3. The zero-order valence-corrected chi connectivity index (χ0v) is 32.7. The van der Waals surface area contributed by atoms with Gasteiger partial charge in [-0.05, 0) is 24.9 Å². The van der Waals surface area contributed by atoms with E-state index in [0.717, 1.165) is 31.7 Å². The molecule has 232 valence electrons. The standard InChI is InChI=1S/C31H52N2O5Si4/c1-29(2,27(35-39-5)36-40-6)21-11-10-19-18-23-20-12-13-22(30(3,4)28(37-41-7)38-42-8)26-31(20,24(19)25(21)34-26)14-17-33(23)16-9-15-32/h10-13,20,22-23,26-28H,9,14,16-18,39-42H2,1-8H3/t20-,22?,23+,26?,31-/m0/s1. The molecule has 1 fully saturated rings. The van der Waals surface area contributed by atoms with Gasteiger partial charge < -0.3 is 22.4 Å². The van der Waals surface area contributed by atoms with Crippen molar-refractivity contribution >= 4 is 39.1 Å². The number of nitrogens with zero attached hydrogens (tertiary/aromatic N) is 2. The molecule has 2 unspecified atom stereocenters. The minimum atomic E-state index is -0.653. The van der Waals surface area contributed by atoms with Crippen LogP contribution >= 0.6 is 0 Å². The molecule has 0 amide bonds. The second-order valence-corrected chi connectivity index (χ2v) is 17.1. The molecule has 2 aliphatic carbocycles. The van der Waals surface area contributed by atoms with Gasteiger partial charge in [-0.15, -0.1) is 0 Å². The van der Waals surface area contributed by atoms with E-state index in [0.29, 0.717) is 18.4 Å². The number of rotatable bonds is 14. The van der Waals surface area contributed by atoms with Crippen molar-refractivity contribution in [1.82, 2.24) is 4.90 Å². The fraction of sp³-hybridized carbons (Fsp3) is 0.710. The maximum Gasteiger partial charge on any atom is 0.161 e. The van der Waals surface area contributed by atoms with Gasteiger partial charge in [0, 0.05) is 58.2 Å². The summed E-state index contributed by atoms with van der Waals surface area (Å²) in [5, 5.41) is 9.41. The Morgan fingerprint density at radius 2 is 1.64 bits per heavy atom. The van der Waals surface area contributed by atoms with Crippen LogP contribution in [0.1, 0.15) is 57.2 Å². The molecular formula is C31H52N2O5Si4. The molecule has 4 aliphatic rings. The number of hydrogen-bond acceptors (Lipinski definition) is 7. The predicted molar refractivity (Wildman–Crippen MR) is 179 cm³/mol. The molecule has 2 heterocycles. The topological polar surface area (TPSA) is 73.2 Å². The van der Waals surface area contributed by atoms with Crippen LogP contribution in [0.3, 0.4) is 0 Å². The van der Waals surface area contributed by atoms with Crippen molar-refractivity contribution in [1.29, 1.82) is 5.26 Å². The van der Waals surface area contributed by atoms with Gasteiger partial charge in [0.15, 0.2) is 39.1 Å². The van der Waals surface area contributed by atoms with Crippen molar-refractivity contribution in [3.8, 4) is 11.8 Å². The lowest BCUT2D eigenvalue weighted by Gasteiger charge is -2.59. The average Bonchev–Trinajstić information content (AvgIpc) is 3.30. The fourth-order valence-electron chi connectivity index (χ4n) is 8.62. The SMILES string of the molecule is C[SiH2]OC(O[SiH2]C)C(C)(C)c1ccc2c3c1OC1C(C(C)(C)C(O[SiH2]C)O[SiH2]C)C=C[C@H]4[C@@H](C2)N(CCC#N)CC[C@]314. The molecule has 5 atom stereocenters. The molecular weight excluding hydrogens is 593 g/mol. The van der Waals surface area contributed by atoms with E-state index in [2.05, 4.69) is 89.1 Å². The van der Waals surface area contributed by atoms with E-state index in [1.165, 1.54) is 16.7 Å². The maximum atomic E-state index is 9.41. The quantitative estimate of drug-likeness (QED) is 0.175. The molecule has 0 radical (unpaired) electrons. The summed E-state index contributed by atoms with van der Waals surface area (Å²) in [4.78, 5) is 2.58. The lowest BCUT2D eigenvalue weighted by molar-refractivity contribution is -0.131. The van der Waals surface area contributed by atoms with Crippen LogP contribution in [0.5, 0.6) is 5.75 Å². The Hall–Kier alpha value is -1.08. The Balaban J connectivity index is 1.67. The van der Waals surface area contributed by atoms with E-state index in [9.17, 15) is 5.26 Å². The van der Waals surface area contributed by atoms with E-state index in [4.69, 9.17) is 22.4 Å². The summed E-state index contributed by atoms with van der Waals surface area (Å²) in [6.07, 6.45) is 7.12. The molecule has 42 heavy (non-hydrogen) atoms. The molecule has 1 aromatic carbocycles. The average molecular weight is 645 g/mol. The van der Waals surface area contributed by atoms with Crippen LogP contribution in [0.4, 0.5) is 0 Å². The molecule has 0 saturated carbocycles. The van der Waals surface area contributed by atoms with Gasteiger partial charge in [-0.1, -0.05) is 78.2 Å². The third kappa shape index (κ3) is 5.08. The highest BCUT2D eigenvalue weighted by Gasteiger charge is 2.66. The van der Waals surface area contributed by atoms with Gasteiger partial charge in [-0.3, -0.25) is 4.90 Å². The lowest BCUT2D eigenvalue weighted by Crippen LogP contribution is -2.66. The van der Waals surface area contributed by atoms with Crippen molar-refractivity contribution in [2.24, 2.45) is 17.3 Å². The van der Waals surface area contributed by atoms with Crippen molar-refractivity contribution in [2.45, 2.75) is 109 Å². The van der Waals surface area contributed by atoms with Crippen LogP contribution in [-0.2, 0) is 35.0 Å². The molecule has 2 aliphatic heterocycles. The monoisotopic (exact) mass is 644 g/mol. The van der Waals surface area contributed by atoms with Gasteiger partial charge in [0.2, 0.25) is 0 Å². The predicted octanol–water partition coefficient (Wildman–Crippen LogP) is 2.58. The first-order valence-electron chi connectivity index (χ1n) is 16.2. The minimum Gasteiger partial charge on any atom is -0.488 e. The largest absolute Gasteiger partial charge is 0.488 e. The Bertz CT molecular complexity index is 1190. The number of benzene rings is 1. The highest BCUT2D eigenvalue weighted by Crippen LogP contribution is 2.65. The molecule has 11 heteroatoms. The highest BCUT2D eigenvalue weighted by atomic mass is 28.2. The van der Waals surface area contributed by atoms with Crippen LogP contribution in [0.25, 0.3) is 0 Å². The lowest BCUT2D eigenvalue weighted by atomic mass is 9.49. The number of piperidine rings is 1. The van der Waals surface area contributed by atoms with Crippen molar-refractivity contribution < 1.29 is 22.4 Å². The fourth-order valence-corrected chi connectivity index (χ4v) is 12.3.